The molecule has 0 aliphatic heterocycles. The molecule has 0 aliphatic carbocycles. The first-order valence-electron chi connectivity index (χ1n) is 3.17. The summed E-state index contributed by atoms with van der Waals surface area (Å²) in [5.41, 5.74) is -0.326. The second kappa shape index (κ2) is 5.16. The third kappa shape index (κ3) is 8.47. The van der Waals surface area contributed by atoms with Gasteiger partial charge in [0, 0.05) is 6.42 Å². The van der Waals surface area contributed by atoms with Gasteiger partial charge in [0.25, 0.3) is 0 Å². The SMILES string of the molecule is CCC(=O)OC(C)(C)C.[NaH]. The van der Waals surface area contributed by atoms with Crippen molar-refractivity contribution >= 4 is 35.5 Å². The fraction of sp³-hybridized carbons (Fsp3) is 0.857. The molecule has 0 heterocycles. The Hall–Kier alpha value is 0.470. The van der Waals surface area contributed by atoms with Gasteiger partial charge in [-0.2, -0.15) is 0 Å². The molecule has 0 aliphatic rings. The number of carbonyl (C=O) groups excluding carboxylic acids is 1. The van der Waals surface area contributed by atoms with Gasteiger partial charge in [0.05, 0.1) is 0 Å². The molecule has 0 fully saturated rings. The Morgan fingerprint density at radius 3 is 1.90 bits per heavy atom. The molecule has 0 N–H and O–H groups in total. The van der Waals surface area contributed by atoms with Crippen LogP contribution in [0.25, 0.3) is 0 Å². The Morgan fingerprint density at radius 1 is 1.40 bits per heavy atom. The monoisotopic (exact) mass is 154 g/mol. The van der Waals surface area contributed by atoms with Crippen LogP contribution < -0.4 is 0 Å². The van der Waals surface area contributed by atoms with Crippen LogP contribution in [0.15, 0.2) is 0 Å². The zero-order valence-electron chi connectivity index (χ0n) is 6.52. The van der Waals surface area contributed by atoms with Crippen LogP contribution in [-0.2, 0) is 9.53 Å². The summed E-state index contributed by atoms with van der Waals surface area (Å²) in [6.07, 6.45) is 0.456. The number of ether oxygens (including phenoxy) is 1. The first kappa shape index (κ1) is 13.1. The van der Waals surface area contributed by atoms with Gasteiger partial charge in [0.2, 0.25) is 0 Å². The second-order valence-corrected chi connectivity index (χ2v) is 2.94. The molecule has 0 saturated heterocycles. The predicted octanol–water partition coefficient (Wildman–Crippen LogP) is 1.09. The molecule has 0 amide bonds. The Labute approximate surface area is 84.6 Å². The average Bonchev–Trinajstić information content (AvgIpc) is 1.62. The first-order valence-corrected chi connectivity index (χ1v) is 3.17. The van der Waals surface area contributed by atoms with Crippen LogP contribution in [0.2, 0.25) is 0 Å². The molecule has 0 rings (SSSR count). The van der Waals surface area contributed by atoms with Crippen LogP contribution in [-0.4, -0.2) is 41.1 Å². The average molecular weight is 154 g/mol. The van der Waals surface area contributed by atoms with E-state index in [0.29, 0.717) is 6.42 Å². The number of carbonyl (C=O) groups is 1. The van der Waals surface area contributed by atoms with E-state index in [4.69, 9.17) is 4.74 Å². The van der Waals surface area contributed by atoms with E-state index in [-0.39, 0.29) is 41.1 Å². The summed E-state index contributed by atoms with van der Waals surface area (Å²) in [4.78, 5) is 10.6. The van der Waals surface area contributed by atoms with Crippen molar-refractivity contribution in [1.29, 1.82) is 0 Å². The molecule has 0 unspecified atom stereocenters. The maximum absolute atomic E-state index is 10.6. The number of hydrogen-bond acceptors (Lipinski definition) is 2. The van der Waals surface area contributed by atoms with Crippen molar-refractivity contribution in [2.75, 3.05) is 0 Å². The third-order valence-electron chi connectivity index (χ3n) is 0.709. The van der Waals surface area contributed by atoms with Gasteiger partial charge in [-0.3, -0.25) is 4.79 Å². The molecule has 0 spiro atoms. The van der Waals surface area contributed by atoms with E-state index in [1.165, 1.54) is 0 Å². The molecule has 0 aromatic heterocycles. The Morgan fingerprint density at radius 2 is 1.80 bits per heavy atom. The van der Waals surface area contributed by atoms with Gasteiger partial charge in [-0.1, -0.05) is 6.92 Å². The molecule has 0 atom stereocenters. The van der Waals surface area contributed by atoms with Crippen molar-refractivity contribution in [1.82, 2.24) is 0 Å². The molecule has 0 saturated carbocycles. The van der Waals surface area contributed by atoms with Crippen LogP contribution >= 0.6 is 0 Å². The maximum atomic E-state index is 10.6. The van der Waals surface area contributed by atoms with Gasteiger partial charge in [-0.05, 0) is 20.8 Å². The predicted molar refractivity (Wildman–Crippen MR) is 43.3 cm³/mol. The topological polar surface area (TPSA) is 26.3 Å². The third-order valence-corrected chi connectivity index (χ3v) is 0.709. The summed E-state index contributed by atoms with van der Waals surface area (Å²) in [6, 6.07) is 0. The van der Waals surface area contributed by atoms with E-state index in [1.54, 1.807) is 6.92 Å². The van der Waals surface area contributed by atoms with E-state index in [9.17, 15) is 4.79 Å². The molecule has 10 heavy (non-hydrogen) atoms. The molecule has 56 valence electrons. The van der Waals surface area contributed by atoms with Gasteiger partial charge in [-0.25, -0.2) is 0 Å². The quantitative estimate of drug-likeness (QED) is 0.417. The number of hydrogen-bond donors (Lipinski definition) is 0. The van der Waals surface area contributed by atoms with Crippen molar-refractivity contribution in [3.8, 4) is 0 Å². The minimum atomic E-state index is -0.326. The standard InChI is InChI=1S/C7H14O2.Na.H/c1-5-6(8)9-7(2,3)4;;/h5H2,1-4H3;;. The van der Waals surface area contributed by atoms with Crippen LogP contribution in [0.3, 0.4) is 0 Å². The molecular weight excluding hydrogens is 139 g/mol. The van der Waals surface area contributed by atoms with Gasteiger partial charge >= 0.3 is 35.5 Å². The summed E-state index contributed by atoms with van der Waals surface area (Å²) >= 11 is 0. The zero-order chi connectivity index (χ0) is 7.49. The van der Waals surface area contributed by atoms with Crippen molar-refractivity contribution < 1.29 is 9.53 Å². The van der Waals surface area contributed by atoms with Crippen molar-refractivity contribution in [3.05, 3.63) is 0 Å². The molecule has 0 aromatic rings. The van der Waals surface area contributed by atoms with E-state index in [1.807, 2.05) is 20.8 Å². The summed E-state index contributed by atoms with van der Waals surface area (Å²) in [7, 11) is 0. The second-order valence-electron chi connectivity index (χ2n) is 2.94. The van der Waals surface area contributed by atoms with Crippen LogP contribution in [0.4, 0.5) is 0 Å². The fourth-order valence-corrected chi connectivity index (χ4v) is 0.414. The van der Waals surface area contributed by atoms with Crippen LogP contribution in [0, 0.1) is 0 Å². The number of rotatable bonds is 1. The molecule has 2 nitrogen and oxygen atoms in total. The zero-order valence-corrected chi connectivity index (χ0v) is 6.52. The molecular formula is C7H15NaO2. The van der Waals surface area contributed by atoms with Crippen LogP contribution in [0.5, 0.6) is 0 Å². The van der Waals surface area contributed by atoms with E-state index in [2.05, 4.69) is 0 Å². The van der Waals surface area contributed by atoms with Crippen LogP contribution in [0.1, 0.15) is 34.1 Å². The Kier molecular flexibility index (Phi) is 6.76. The minimum absolute atomic E-state index is 0. The normalized spacial score (nSPS) is 10.0. The van der Waals surface area contributed by atoms with Gasteiger partial charge < -0.3 is 4.74 Å². The molecule has 0 radical (unpaired) electrons. The molecule has 0 bridgehead atoms. The van der Waals surface area contributed by atoms with E-state index < -0.39 is 0 Å². The Balaban J connectivity index is 0. The summed E-state index contributed by atoms with van der Waals surface area (Å²) in [5.74, 6) is -0.137. The molecule has 3 heteroatoms. The summed E-state index contributed by atoms with van der Waals surface area (Å²) in [6.45, 7) is 7.37. The van der Waals surface area contributed by atoms with Crippen molar-refractivity contribution in [2.24, 2.45) is 0 Å². The van der Waals surface area contributed by atoms with Crippen molar-refractivity contribution in [3.63, 3.8) is 0 Å². The van der Waals surface area contributed by atoms with Gasteiger partial charge in [-0.15, -0.1) is 0 Å². The summed E-state index contributed by atoms with van der Waals surface area (Å²) in [5, 5.41) is 0. The van der Waals surface area contributed by atoms with Gasteiger partial charge in [0.1, 0.15) is 5.60 Å². The van der Waals surface area contributed by atoms with E-state index in [0.717, 1.165) is 0 Å². The first-order chi connectivity index (χ1) is 3.95. The fourth-order valence-electron chi connectivity index (χ4n) is 0.414. The van der Waals surface area contributed by atoms with Crippen molar-refractivity contribution in [2.45, 2.75) is 39.7 Å². The number of esters is 1. The van der Waals surface area contributed by atoms with E-state index >= 15 is 0 Å². The Bertz CT molecular complexity index is 105. The van der Waals surface area contributed by atoms with Gasteiger partial charge in [0.15, 0.2) is 0 Å². The summed E-state index contributed by atoms with van der Waals surface area (Å²) < 4.78 is 4.95. The molecule has 0 aromatic carbocycles.